The van der Waals surface area contributed by atoms with E-state index in [0.717, 1.165) is 24.2 Å². The maximum absolute atomic E-state index is 12.7. The van der Waals surface area contributed by atoms with Gasteiger partial charge in [-0.25, -0.2) is 13.2 Å². The Kier molecular flexibility index (Phi) is 5.03. The summed E-state index contributed by atoms with van der Waals surface area (Å²) in [5.74, 6) is -0.734. The predicted octanol–water partition coefficient (Wildman–Crippen LogP) is 1.88. The molecule has 0 amide bonds. The van der Waals surface area contributed by atoms with Crippen LogP contribution in [-0.4, -0.2) is 50.1 Å². The molecule has 118 valence electrons. The first-order valence-electron chi connectivity index (χ1n) is 6.70. The molecule has 1 aromatic rings. The molecule has 0 aromatic carbocycles. The number of thiophene rings is 1. The average molecular weight is 333 g/mol. The highest BCUT2D eigenvalue weighted by Crippen LogP contribution is 2.37. The normalized spacial score (nSPS) is 17.1. The average Bonchev–Trinajstić information content (AvgIpc) is 3.14. The van der Waals surface area contributed by atoms with E-state index in [0.29, 0.717) is 12.5 Å². The second-order valence-corrected chi connectivity index (χ2v) is 8.17. The first-order valence-corrected chi connectivity index (χ1v) is 9.02. The number of rotatable bonds is 8. The van der Waals surface area contributed by atoms with Gasteiger partial charge >= 0.3 is 5.97 Å². The van der Waals surface area contributed by atoms with Crippen LogP contribution >= 0.6 is 11.3 Å². The molecule has 0 spiro atoms. The Morgan fingerprint density at radius 3 is 2.71 bits per heavy atom. The molecule has 1 N–H and O–H groups in total. The van der Waals surface area contributed by atoms with E-state index in [1.165, 1.54) is 22.9 Å². The molecule has 1 aliphatic rings. The molecule has 1 fully saturated rings. The van der Waals surface area contributed by atoms with Crippen LogP contribution in [0.25, 0.3) is 0 Å². The topological polar surface area (TPSA) is 83.9 Å². The van der Waals surface area contributed by atoms with Gasteiger partial charge in [0, 0.05) is 25.1 Å². The summed E-state index contributed by atoms with van der Waals surface area (Å²) in [5.41, 5.74) is 0.00402. The Morgan fingerprint density at radius 1 is 1.57 bits per heavy atom. The van der Waals surface area contributed by atoms with E-state index >= 15 is 0 Å². The van der Waals surface area contributed by atoms with Gasteiger partial charge in [0.2, 0.25) is 0 Å². The number of ether oxygens (including phenoxy) is 1. The number of carboxylic acid groups (broad SMARTS) is 1. The Balaban J connectivity index is 2.28. The van der Waals surface area contributed by atoms with Crippen LogP contribution in [0.1, 0.15) is 30.1 Å². The number of nitrogens with zero attached hydrogens (tertiary/aromatic N) is 1. The monoisotopic (exact) mass is 333 g/mol. The molecule has 8 heteroatoms. The van der Waals surface area contributed by atoms with Gasteiger partial charge in [-0.15, -0.1) is 11.3 Å². The molecular weight excluding hydrogens is 314 g/mol. The van der Waals surface area contributed by atoms with E-state index in [9.17, 15) is 13.2 Å². The van der Waals surface area contributed by atoms with E-state index in [-0.39, 0.29) is 22.4 Å². The zero-order valence-electron chi connectivity index (χ0n) is 12.0. The van der Waals surface area contributed by atoms with Crippen LogP contribution in [0.15, 0.2) is 15.7 Å². The fourth-order valence-electron chi connectivity index (χ4n) is 2.22. The number of aromatic carboxylic acids is 1. The quantitative estimate of drug-likeness (QED) is 0.785. The Bertz CT molecular complexity index is 606. The summed E-state index contributed by atoms with van der Waals surface area (Å²) in [6.07, 6.45) is 2.07. The zero-order chi connectivity index (χ0) is 15.6. The highest BCUT2D eigenvalue weighted by molar-refractivity contribution is 7.91. The van der Waals surface area contributed by atoms with Gasteiger partial charge in [-0.1, -0.05) is 0 Å². The molecular formula is C13H19NO5S2. The number of sulfonamides is 1. The van der Waals surface area contributed by atoms with E-state index in [2.05, 4.69) is 0 Å². The van der Waals surface area contributed by atoms with Crippen LogP contribution in [0.2, 0.25) is 0 Å². The summed E-state index contributed by atoms with van der Waals surface area (Å²) >= 11 is 0.945. The number of carbonyl (C=O) groups is 1. The van der Waals surface area contributed by atoms with Crippen molar-refractivity contribution in [3.8, 4) is 0 Å². The smallest absolute Gasteiger partial charge is 0.336 e. The van der Waals surface area contributed by atoms with Crippen LogP contribution in [0.4, 0.5) is 0 Å². The van der Waals surface area contributed by atoms with Crippen LogP contribution in [-0.2, 0) is 14.8 Å². The van der Waals surface area contributed by atoms with Crippen molar-refractivity contribution < 1.29 is 23.1 Å². The molecule has 1 saturated carbocycles. The van der Waals surface area contributed by atoms with Crippen molar-refractivity contribution in [2.45, 2.75) is 30.0 Å². The van der Waals surface area contributed by atoms with Gasteiger partial charge in [0.25, 0.3) is 10.0 Å². The van der Waals surface area contributed by atoms with Gasteiger partial charge in [0.05, 0.1) is 12.2 Å². The Labute approximate surface area is 128 Å². The lowest BCUT2D eigenvalue weighted by molar-refractivity contribution is 0.0697. The number of hydrogen-bond donors (Lipinski definition) is 1. The summed E-state index contributed by atoms with van der Waals surface area (Å²) in [4.78, 5) is 10.9. The SMILES string of the molecule is COCCN(C(C)C1CC1)S(=O)(=O)c1cc(C(=O)O)cs1. The first-order chi connectivity index (χ1) is 9.87. The van der Waals surface area contributed by atoms with E-state index in [1.54, 1.807) is 0 Å². The molecule has 6 nitrogen and oxygen atoms in total. The van der Waals surface area contributed by atoms with Crippen molar-refractivity contribution in [1.82, 2.24) is 4.31 Å². The summed E-state index contributed by atoms with van der Waals surface area (Å²) in [7, 11) is -2.15. The van der Waals surface area contributed by atoms with Crippen molar-refractivity contribution in [2.24, 2.45) is 5.92 Å². The maximum Gasteiger partial charge on any atom is 0.336 e. The molecule has 0 saturated heterocycles. The predicted molar refractivity (Wildman–Crippen MR) is 79.2 cm³/mol. The standard InChI is InChI=1S/C13H19NO5S2/c1-9(10-3-4-10)14(5-6-19-2)21(17,18)12-7-11(8-20-12)13(15)16/h7-10H,3-6H2,1-2H3,(H,15,16). The molecule has 1 unspecified atom stereocenters. The lowest BCUT2D eigenvalue weighted by atomic mass is 10.2. The third-order valence-electron chi connectivity index (χ3n) is 3.66. The van der Waals surface area contributed by atoms with Gasteiger partial charge in [-0.05, 0) is 31.7 Å². The second kappa shape index (κ2) is 6.43. The Hall–Kier alpha value is -0.960. The first kappa shape index (κ1) is 16.4. The van der Waals surface area contributed by atoms with Gasteiger partial charge in [-0.3, -0.25) is 0 Å². The lowest BCUT2D eigenvalue weighted by Gasteiger charge is -2.27. The number of methoxy groups -OCH3 is 1. The van der Waals surface area contributed by atoms with Gasteiger partial charge in [-0.2, -0.15) is 4.31 Å². The van der Waals surface area contributed by atoms with Gasteiger partial charge in [0.15, 0.2) is 0 Å². The van der Waals surface area contributed by atoms with E-state index in [1.807, 2.05) is 6.92 Å². The molecule has 1 aromatic heterocycles. The molecule has 1 aliphatic carbocycles. The largest absolute Gasteiger partial charge is 0.478 e. The second-order valence-electron chi connectivity index (χ2n) is 5.15. The fourth-order valence-corrected chi connectivity index (χ4v) is 5.17. The summed E-state index contributed by atoms with van der Waals surface area (Å²) in [6.45, 7) is 2.49. The lowest BCUT2D eigenvalue weighted by Crippen LogP contribution is -2.41. The number of carboxylic acids is 1. The molecule has 2 rings (SSSR count). The van der Waals surface area contributed by atoms with E-state index in [4.69, 9.17) is 9.84 Å². The van der Waals surface area contributed by atoms with Crippen molar-refractivity contribution in [1.29, 1.82) is 0 Å². The molecule has 1 atom stereocenters. The van der Waals surface area contributed by atoms with Crippen LogP contribution in [0.3, 0.4) is 0 Å². The minimum absolute atomic E-state index is 0.00402. The third kappa shape index (κ3) is 3.63. The molecule has 0 bridgehead atoms. The van der Waals surface area contributed by atoms with Crippen molar-refractivity contribution >= 4 is 27.3 Å². The maximum atomic E-state index is 12.7. The van der Waals surface area contributed by atoms with Crippen molar-refractivity contribution in [3.63, 3.8) is 0 Å². The van der Waals surface area contributed by atoms with Crippen molar-refractivity contribution in [3.05, 3.63) is 17.0 Å². The van der Waals surface area contributed by atoms with E-state index < -0.39 is 16.0 Å². The summed E-state index contributed by atoms with van der Waals surface area (Å²) in [5, 5.41) is 10.3. The van der Waals surface area contributed by atoms with Gasteiger partial charge in [0.1, 0.15) is 4.21 Å². The molecule has 21 heavy (non-hydrogen) atoms. The van der Waals surface area contributed by atoms with Crippen LogP contribution < -0.4 is 0 Å². The minimum Gasteiger partial charge on any atom is -0.478 e. The molecule has 0 aliphatic heterocycles. The van der Waals surface area contributed by atoms with Crippen molar-refractivity contribution in [2.75, 3.05) is 20.3 Å². The van der Waals surface area contributed by atoms with Crippen LogP contribution in [0, 0.1) is 5.92 Å². The Morgan fingerprint density at radius 2 is 2.24 bits per heavy atom. The fraction of sp³-hybridized carbons (Fsp3) is 0.615. The third-order valence-corrected chi connectivity index (χ3v) is 7.06. The number of hydrogen-bond acceptors (Lipinski definition) is 5. The van der Waals surface area contributed by atoms with Gasteiger partial charge < -0.3 is 9.84 Å². The summed E-state index contributed by atoms with van der Waals surface area (Å²) < 4.78 is 32.0. The minimum atomic E-state index is -3.68. The summed E-state index contributed by atoms with van der Waals surface area (Å²) in [6, 6.07) is 1.13. The molecule has 1 heterocycles. The highest BCUT2D eigenvalue weighted by atomic mass is 32.2. The highest BCUT2D eigenvalue weighted by Gasteiger charge is 2.38. The zero-order valence-corrected chi connectivity index (χ0v) is 13.6. The van der Waals surface area contributed by atoms with Crippen LogP contribution in [0.5, 0.6) is 0 Å². The molecule has 0 radical (unpaired) electrons.